The molecule has 0 aliphatic carbocycles. The molecule has 1 amide bonds. The summed E-state index contributed by atoms with van der Waals surface area (Å²) in [4.78, 5) is 37.8. The van der Waals surface area contributed by atoms with Crippen molar-refractivity contribution in [2.75, 3.05) is 6.54 Å². The highest BCUT2D eigenvalue weighted by molar-refractivity contribution is 6.31. The van der Waals surface area contributed by atoms with Crippen molar-refractivity contribution in [1.82, 2.24) is 9.47 Å². The van der Waals surface area contributed by atoms with Crippen LogP contribution in [-0.4, -0.2) is 39.0 Å². The van der Waals surface area contributed by atoms with Crippen LogP contribution in [0.4, 0.5) is 0 Å². The number of aromatic nitrogens is 1. The molecule has 0 radical (unpaired) electrons. The fraction of sp³-hybridized carbons (Fsp3) is 0.316. The number of halogens is 1. The zero-order chi connectivity index (χ0) is 18.8. The van der Waals surface area contributed by atoms with Crippen molar-refractivity contribution in [1.29, 1.82) is 0 Å². The van der Waals surface area contributed by atoms with Crippen LogP contribution in [0.2, 0.25) is 5.02 Å². The summed E-state index contributed by atoms with van der Waals surface area (Å²) in [5.41, 5.74) is 0.898. The van der Waals surface area contributed by atoms with E-state index in [0.29, 0.717) is 23.6 Å². The summed E-state index contributed by atoms with van der Waals surface area (Å²) in [5, 5.41) is 9.78. The number of carboxylic acids is 1. The van der Waals surface area contributed by atoms with E-state index in [2.05, 4.69) is 0 Å². The second-order valence-electron chi connectivity index (χ2n) is 6.45. The third-order valence-corrected chi connectivity index (χ3v) is 5.23. The maximum atomic E-state index is 12.8. The normalized spacial score (nSPS) is 19.5. The van der Waals surface area contributed by atoms with Crippen molar-refractivity contribution >= 4 is 23.5 Å². The maximum absolute atomic E-state index is 12.8. The number of carboxylic acid groups (broad SMARTS) is 1. The second kappa shape index (κ2) is 7.33. The van der Waals surface area contributed by atoms with E-state index < -0.39 is 11.9 Å². The van der Waals surface area contributed by atoms with Crippen LogP contribution in [-0.2, 0) is 11.3 Å². The first-order chi connectivity index (χ1) is 12.4. The van der Waals surface area contributed by atoms with Gasteiger partial charge in [0.15, 0.2) is 0 Å². The van der Waals surface area contributed by atoms with Crippen LogP contribution >= 0.6 is 11.6 Å². The first-order valence-electron chi connectivity index (χ1n) is 8.36. The van der Waals surface area contributed by atoms with Gasteiger partial charge in [-0.15, -0.1) is 0 Å². The predicted octanol–water partition coefficient (Wildman–Crippen LogP) is 2.49. The quantitative estimate of drug-likeness (QED) is 0.891. The lowest BCUT2D eigenvalue weighted by Crippen LogP contribution is -2.38. The molecule has 2 heterocycles. The molecule has 1 aliphatic rings. The standard InChI is InChI=1S/C19H19ClN2O4/c1-12-15(19(25)26)8-9-22(12)18(24)14-6-7-17(23)21(11-14)10-13-4-2-3-5-16(13)20/h2-7,11-12,15H,8-10H2,1H3,(H,25,26). The predicted molar refractivity (Wildman–Crippen MR) is 97.5 cm³/mol. The smallest absolute Gasteiger partial charge is 0.308 e. The van der Waals surface area contributed by atoms with E-state index in [-0.39, 0.29) is 24.1 Å². The highest BCUT2D eigenvalue weighted by Crippen LogP contribution is 2.26. The molecule has 1 N–H and O–H groups in total. The number of carbonyl (C=O) groups excluding carboxylic acids is 1. The average Bonchev–Trinajstić information content (AvgIpc) is 3.00. The molecule has 26 heavy (non-hydrogen) atoms. The highest BCUT2D eigenvalue weighted by atomic mass is 35.5. The first-order valence-corrected chi connectivity index (χ1v) is 8.74. The lowest BCUT2D eigenvalue weighted by atomic mass is 10.0. The van der Waals surface area contributed by atoms with E-state index in [0.717, 1.165) is 5.56 Å². The Morgan fingerprint density at radius 2 is 1.96 bits per heavy atom. The molecule has 2 atom stereocenters. The van der Waals surface area contributed by atoms with E-state index in [1.54, 1.807) is 17.9 Å². The van der Waals surface area contributed by atoms with Gasteiger partial charge in [-0.25, -0.2) is 0 Å². The number of hydrogen-bond acceptors (Lipinski definition) is 3. The van der Waals surface area contributed by atoms with Crippen LogP contribution in [0.5, 0.6) is 0 Å². The Kier molecular flexibility index (Phi) is 5.13. The molecule has 136 valence electrons. The summed E-state index contributed by atoms with van der Waals surface area (Å²) in [6.07, 6.45) is 1.94. The van der Waals surface area contributed by atoms with Gasteiger partial charge in [-0.3, -0.25) is 14.4 Å². The molecule has 2 aromatic rings. The number of likely N-dealkylation sites (tertiary alicyclic amines) is 1. The molecule has 1 aliphatic heterocycles. The largest absolute Gasteiger partial charge is 0.481 e. The fourth-order valence-corrected chi connectivity index (χ4v) is 3.51. The molecule has 6 nitrogen and oxygen atoms in total. The van der Waals surface area contributed by atoms with E-state index in [1.807, 2.05) is 18.2 Å². The summed E-state index contributed by atoms with van der Waals surface area (Å²) in [5.74, 6) is -1.72. The molecule has 0 spiro atoms. The van der Waals surface area contributed by atoms with Crippen molar-refractivity contribution in [2.24, 2.45) is 5.92 Å². The van der Waals surface area contributed by atoms with Gasteiger partial charge in [0, 0.05) is 29.9 Å². The molecule has 2 unspecified atom stereocenters. The van der Waals surface area contributed by atoms with Gasteiger partial charge in [0.25, 0.3) is 11.5 Å². The molecule has 1 fully saturated rings. The van der Waals surface area contributed by atoms with Crippen LogP contribution in [0.25, 0.3) is 0 Å². The zero-order valence-corrected chi connectivity index (χ0v) is 15.0. The van der Waals surface area contributed by atoms with Crippen molar-refractivity contribution in [2.45, 2.75) is 25.9 Å². The number of carbonyl (C=O) groups is 2. The number of rotatable bonds is 4. The van der Waals surface area contributed by atoms with Crippen LogP contribution < -0.4 is 5.56 Å². The maximum Gasteiger partial charge on any atom is 0.308 e. The van der Waals surface area contributed by atoms with Crippen molar-refractivity contribution < 1.29 is 14.7 Å². The van der Waals surface area contributed by atoms with Gasteiger partial charge in [0.1, 0.15) is 0 Å². The molecule has 0 bridgehead atoms. The van der Waals surface area contributed by atoms with Gasteiger partial charge in [-0.05, 0) is 31.0 Å². The number of aliphatic carboxylic acids is 1. The lowest BCUT2D eigenvalue weighted by Gasteiger charge is -2.23. The van der Waals surface area contributed by atoms with Gasteiger partial charge in [0.2, 0.25) is 0 Å². The Hall–Kier alpha value is -2.60. The Morgan fingerprint density at radius 3 is 2.62 bits per heavy atom. The van der Waals surface area contributed by atoms with Crippen LogP contribution in [0.3, 0.4) is 0 Å². The van der Waals surface area contributed by atoms with Gasteiger partial charge >= 0.3 is 5.97 Å². The fourth-order valence-electron chi connectivity index (χ4n) is 3.31. The number of nitrogens with zero attached hydrogens (tertiary/aromatic N) is 2. The van der Waals surface area contributed by atoms with Gasteiger partial charge < -0.3 is 14.6 Å². The molecule has 1 saturated heterocycles. The van der Waals surface area contributed by atoms with Crippen molar-refractivity contribution in [3.63, 3.8) is 0 Å². The summed E-state index contributed by atoms with van der Waals surface area (Å²) < 4.78 is 1.43. The SMILES string of the molecule is CC1C(C(=O)O)CCN1C(=O)c1ccc(=O)n(Cc2ccccc2Cl)c1. The summed E-state index contributed by atoms with van der Waals surface area (Å²) in [6.45, 7) is 2.39. The minimum Gasteiger partial charge on any atom is -0.481 e. The Bertz CT molecular complexity index is 908. The second-order valence-corrected chi connectivity index (χ2v) is 6.86. The monoisotopic (exact) mass is 374 g/mol. The van der Waals surface area contributed by atoms with E-state index in [4.69, 9.17) is 11.6 Å². The van der Waals surface area contributed by atoms with E-state index in [1.165, 1.54) is 22.9 Å². The van der Waals surface area contributed by atoms with Crippen LogP contribution in [0.15, 0.2) is 47.4 Å². The average molecular weight is 375 g/mol. The molecule has 0 saturated carbocycles. The number of amides is 1. The Labute approximate surface area is 155 Å². The molecule has 7 heteroatoms. The van der Waals surface area contributed by atoms with E-state index >= 15 is 0 Å². The number of hydrogen-bond donors (Lipinski definition) is 1. The number of benzene rings is 1. The van der Waals surface area contributed by atoms with Crippen molar-refractivity contribution in [3.05, 3.63) is 69.1 Å². The van der Waals surface area contributed by atoms with Gasteiger partial charge in [-0.1, -0.05) is 29.8 Å². The molecule has 1 aromatic carbocycles. The summed E-state index contributed by atoms with van der Waals surface area (Å²) in [6, 6.07) is 9.65. The summed E-state index contributed by atoms with van der Waals surface area (Å²) >= 11 is 6.15. The van der Waals surface area contributed by atoms with Crippen LogP contribution in [0, 0.1) is 5.92 Å². The lowest BCUT2D eigenvalue weighted by molar-refractivity contribution is -0.142. The van der Waals surface area contributed by atoms with E-state index in [9.17, 15) is 19.5 Å². The molecular weight excluding hydrogens is 356 g/mol. The molecule has 3 rings (SSSR count). The van der Waals surface area contributed by atoms with Crippen molar-refractivity contribution in [3.8, 4) is 0 Å². The van der Waals surface area contributed by atoms with Crippen LogP contribution in [0.1, 0.15) is 29.3 Å². The summed E-state index contributed by atoms with van der Waals surface area (Å²) in [7, 11) is 0. The minimum atomic E-state index is -0.892. The zero-order valence-electron chi connectivity index (χ0n) is 14.3. The Balaban J connectivity index is 1.86. The minimum absolute atomic E-state index is 0.237. The number of pyridine rings is 1. The topological polar surface area (TPSA) is 79.6 Å². The van der Waals surface area contributed by atoms with Gasteiger partial charge in [0.05, 0.1) is 18.0 Å². The highest BCUT2D eigenvalue weighted by Gasteiger charge is 2.38. The third kappa shape index (κ3) is 3.51. The molecule has 1 aromatic heterocycles. The first kappa shape index (κ1) is 18.2. The molecular formula is C19H19ClN2O4. The Morgan fingerprint density at radius 1 is 1.23 bits per heavy atom. The van der Waals surface area contributed by atoms with Gasteiger partial charge in [-0.2, -0.15) is 0 Å². The third-order valence-electron chi connectivity index (χ3n) is 4.86.